The zero-order valence-electron chi connectivity index (χ0n) is 13.1. The highest BCUT2D eigenvalue weighted by atomic mass is 32.2. The zero-order valence-corrected chi connectivity index (χ0v) is 13.9. The van der Waals surface area contributed by atoms with Crippen molar-refractivity contribution in [1.82, 2.24) is 10.2 Å². The van der Waals surface area contributed by atoms with Crippen LogP contribution in [0.4, 0.5) is 0 Å². The van der Waals surface area contributed by atoms with Crippen molar-refractivity contribution in [3.8, 4) is 0 Å². The Hall–Kier alpha value is -0.170. The van der Waals surface area contributed by atoms with Crippen LogP contribution < -0.4 is 5.32 Å². The fourth-order valence-electron chi connectivity index (χ4n) is 2.39. The molecule has 0 atom stereocenters. The van der Waals surface area contributed by atoms with Gasteiger partial charge in [-0.15, -0.1) is 0 Å². The highest BCUT2D eigenvalue weighted by molar-refractivity contribution is 7.92. The third-order valence-electron chi connectivity index (χ3n) is 4.03. The molecular formula is C14H30N2O3S. The fourth-order valence-corrected chi connectivity index (χ4v) is 3.37. The summed E-state index contributed by atoms with van der Waals surface area (Å²) in [6.07, 6.45) is 2.31. The molecule has 1 rings (SSSR count). The molecule has 1 heterocycles. The summed E-state index contributed by atoms with van der Waals surface area (Å²) in [7, 11) is -1.19. The number of hydrogen-bond acceptors (Lipinski definition) is 5. The van der Waals surface area contributed by atoms with Crippen LogP contribution in [-0.4, -0.2) is 70.8 Å². The fraction of sp³-hybridized carbons (Fsp3) is 1.00. The number of nitrogens with zero attached hydrogens (tertiary/aromatic N) is 1. The molecule has 6 heteroatoms. The van der Waals surface area contributed by atoms with Crippen molar-refractivity contribution in [3.05, 3.63) is 0 Å². The number of rotatable bonds is 9. The molecule has 1 aliphatic rings. The van der Waals surface area contributed by atoms with Crippen molar-refractivity contribution in [2.75, 3.05) is 52.2 Å². The van der Waals surface area contributed by atoms with Crippen LogP contribution in [0.5, 0.6) is 0 Å². The lowest BCUT2D eigenvalue weighted by Gasteiger charge is -2.32. The second-order valence-electron chi connectivity index (χ2n) is 5.90. The summed E-state index contributed by atoms with van der Waals surface area (Å²) in [5.41, 5.74) is 0. The Morgan fingerprint density at radius 3 is 2.50 bits per heavy atom. The first-order chi connectivity index (χ1) is 9.45. The van der Waals surface area contributed by atoms with Crippen LogP contribution in [0.3, 0.4) is 0 Å². The number of ether oxygens (including phenoxy) is 1. The summed E-state index contributed by atoms with van der Waals surface area (Å²) in [4.78, 5) is 2.28. The molecule has 0 aliphatic carbocycles. The van der Waals surface area contributed by atoms with Gasteiger partial charge in [0.1, 0.15) is 0 Å². The molecule has 20 heavy (non-hydrogen) atoms. The second-order valence-corrected chi connectivity index (χ2v) is 8.57. The largest absolute Gasteiger partial charge is 0.383 e. The maximum Gasteiger partial charge on any atom is 0.153 e. The maximum atomic E-state index is 11.8. The van der Waals surface area contributed by atoms with E-state index in [1.165, 1.54) is 0 Å². The van der Waals surface area contributed by atoms with Crippen LogP contribution in [0.15, 0.2) is 0 Å². The minimum absolute atomic E-state index is 0.259. The predicted octanol–water partition coefficient (Wildman–Crippen LogP) is 0.758. The van der Waals surface area contributed by atoms with E-state index in [9.17, 15) is 8.42 Å². The van der Waals surface area contributed by atoms with E-state index in [0.717, 1.165) is 45.6 Å². The Kier molecular flexibility index (Phi) is 8.02. The van der Waals surface area contributed by atoms with Gasteiger partial charge in [-0.2, -0.15) is 0 Å². The molecule has 0 saturated carbocycles. The van der Waals surface area contributed by atoms with Crippen LogP contribution in [-0.2, 0) is 14.6 Å². The van der Waals surface area contributed by atoms with Crippen molar-refractivity contribution >= 4 is 9.84 Å². The third kappa shape index (κ3) is 6.52. The number of likely N-dealkylation sites (tertiary alicyclic amines) is 1. The molecular weight excluding hydrogens is 276 g/mol. The molecule has 5 nitrogen and oxygen atoms in total. The van der Waals surface area contributed by atoms with Gasteiger partial charge < -0.3 is 15.0 Å². The van der Waals surface area contributed by atoms with Gasteiger partial charge in [0.25, 0.3) is 0 Å². The van der Waals surface area contributed by atoms with Crippen molar-refractivity contribution in [2.45, 2.75) is 31.9 Å². The number of piperidine rings is 1. The molecule has 1 fully saturated rings. The smallest absolute Gasteiger partial charge is 0.153 e. The Labute approximate surface area is 124 Å². The van der Waals surface area contributed by atoms with Gasteiger partial charge in [0.2, 0.25) is 0 Å². The molecule has 0 unspecified atom stereocenters. The summed E-state index contributed by atoms with van der Waals surface area (Å²) >= 11 is 0. The molecule has 1 aliphatic heterocycles. The molecule has 1 N–H and O–H groups in total. The van der Waals surface area contributed by atoms with Crippen LogP contribution in [0, 0.1) is 5.92 Å². The minimum Gasteiger partial charge on any atom is -0.383 e. The SMILES string of the molecule is COCCNCC1CCN(CCS(=O)(=O)C(C)C)CC1. The molecule has 0 aromatic rings. The van der Waals surface area contributed by atoms with E-state index in [4.69, 9.17) is 4.74 Å². The van der Waals surface area contributed by atoms with Gasteiger partial charge in [0.15, 0.2) is 9.84 Å². The molecule has 0 amide bonds. The first-order valence-corrected chi connectivity index (χ1v) is 9.31. The topological polar surface area (TPSA) is 58.6 Å². The number of nitrogens with one attached hydrogen (secondary N) is 1. The van der Waals surface area contributed by atoms with Crippen molar-refractivity contribution < 1.29 is 13.2 Å². The van der Waals surface area contributed by atoms with Gasteiger partial charge in [-0.3, -0.25) is 0 Å². The third-order valence-corrected chi connectivity index (χ3v) is 6.22. The average Bonchev–Trinajstić information content (AvgIpc) is 2.42. The van der Waals surface area contributed by atoms with E-state index in [-0.39, 0.29) is 5.25 Å². The Morgan fingerprint density at radius 1 is 1.30 bits per heavy atom. The zero-order chi connectivity index (χ0) is 15.0. The molecule has 1 saturated heterocycles. The Balaban J connectivity index is 2.16. The van der Waals surface area contributed by atoms with Crippen LogP contribution >= 0.6 is 0 Å². The summed E-state index contributed by atoms with van der Waals surface area (Å²) in [5.74, 6) is 1.01. The molecule has 0 bridgehead atoms. The van der Waals surface area contributed by atoms with Crippen molar-refractivity contribution in [2.24, 2.45) is 5.92 Å². The number of methoxy groups -OCH3 is 1. The maximum absolute atomic E-state index is 11.8. The summed E-state index contributed by atoms with van der Waals surface area (Å²) in [6.45, 7) is 8.94. The lowest BCUT2D eigenvalue weighted by atomic mass is 9.97. The molecule has 0 aromatic carbocycles. The normalized spacial score (nSPS) is 18.8. The predicted molar refractivity (Wildman–Crippen MR) is 82.8 cm³/mol. The second kappa shape index (κ2) is 8.97. The summed E-state index contributed by atoms with van der Waals surface area (Å²) in [6, 6.07) is 0. The lowest BCUT2D eigenvalue weighted by Crippen LogP contribution is -2.40. The standard InChI is InChI=1S/C14H30N2O3S/c1-13(2)20(17,18)11-9-16-7-4-14(5-8-16)12-15-6-10-19-3/h13-15H,4-12H2,1-3H3. The summed E-state index contributed by atoms with van der Waals surface area (Å²) in [5, 5.41) is 3.14. The van der Waals surface area contributed by atoms with E-state index < -0.39 is 9.84 Å². The highest BCUT2D eigenvalue weighted by Crippen LogP contribution is 2.16. The van der Waals surface area contributed by atoms with Gasteiger partial charge in [-0.05, 0) is 52.2 Å². The van der Waals surface area contributed by atoms with Crippen molar-refractivity contribution in [1.29, 1.82) is 0 Å². The van der Waals surface area contributed by atoms with Gasteiger partial charge in [0, 0.05) is 20.2 Å². The van der Waals surface area contributed by atoms with Crippen molar-refractivity contribution in [3.63, 3.8) is 0 Å². The first kappa shape index (κ1) is 17.9. The molecule has 0 spiro atoms. The highest BCUT2D eigenvalue weighted by Gasteiger charge is 2.22. The summed E-state index contributed by atoms with van der Waals surface area (Å²) < 4.78 is 28.6. The van der Waals surface area contributed by atoms with Gasteiger partial charge in [-0.25, -0.2) is 8.42 Å². The van der Waals surface area contributed by atoms with Crippen LogP contribution in [0.2, 0.25) is 0 Å². The van der Waals surface area contributed by atoms with Gasteiger partial charge in [0.05, 0.1) is 17.6 Å². The lowest BCUT2D eigenvalue weighted by molar-refractivity contribution is 0.178. The van der Waals surface area contributed by atoms with Gasteiger partial charge in [-0.1, -0.05) is 0 Å². The Bertz CT molecular complexity index is 349. The average molecular weight is 306 g/mol. The molecule has 120 valence electrons. The quantitative estimate of drug-likeness (QED) is 0.637. The Morgan fingerprint density at radius 2 is 1.95 bits per heavy atom. The molecule has 0 radical (unpaired) electrons. The number of sulfone groups is 1. The van der Waals surface area contributed by atoms with Crippen LogP contribution in [0.25, 0.3) is 0 Å². The van der Waals surface area contributed by atoms with E-state index in [1.807, 2.05) is 0 Å². The minimum atomic E-state index is -2.90. The monoisotopic (exact) mass is 306 g/mol. The van der Waals surface area contributed by atoms with E-state index >= 15 is 0 Å². The number of hydrogen-bond donors (Lipinski definition) is 1. The van der Waals surface area contributed by atoms with Crippen LogP contribution in [0.1, 0.15) is 26.7 Å². The van der Waals surface area contributed by atoms with E-state index in [0.29, 0.717) is 18.2 Å². The first-order valence-electron chi connectivity index (χ1n) is 7.59. The van der Waals surface area contributed by atoms with E-state index in [2.05, 4.69) is 10.2 Å². The van der Waals surface area contributed by atoms with Gasteiger partial charge >= 0.3 is 0 Å². The van der Waals surface area contributed by atoms with E-state index in [1.54, 1.807) is 21.0 Å². The molecule has 0 aromatic heterocycles.